The Hall–Kier alpha value is 0.217. The highest BCUT2D eigenvalue weighted by molar-refractivity contribution is 6.60. The Morgan fingerprint density at radius 1 is 0.846 bits per heavy atom. The Morgan fingerprint density at radius 2 is 1.23 bits per heavy atom. The number of hydrogen-bond donors (Lipinski definition) is 0. The van der Waals surface area contributed by atoms with Crippen LogP contribution in [0.25, 0.3) is 0 Å². The third-order valence-electron chi connectivity index (χ3n) is 3.00. The van der Waals surface area contributed by atoms with Gasteiger partial charge in [0.25, 0.3) is 0 Å². The molecule has 0 saturated carbocycles. The summed E-state index contributed by atoms with van der Waals surface area (Å²) in [5.41, 5.74) is 1.05. The molecule has 0 radical (unpaired) electrons. The first kappa shape index (κ1) is 13.2. The zero-order chi connectivity index (χ0) is 10.4. The van der Waals surface area contributed by atoms with Gasteiger partial charge < -0.3 is 0 Å². The molecule has 0 spiro atoms. The highest BCUT2D eigenvalue weighted by Gasteiger charge is 2.19. The summed E-state index contributed by atoms with van der Waals surface area (Å²) in [5, 5.41) is 0. The fourth-order valence-corrected chi connectivity index (χ4v) is 6.32. The monoisotopic (exact) mass is 200 g/mol. The van der Waals surface area contributed by atoms with Gasteiger partial charge in [0.15, 0.2) is 0 Å². The van der Waals surface area contributed by atoms with E-state index in [0.717, 1.165) is 17.4 Å². The van der Waals surface area contributed by atoms with Gasteiger partial charge in [-0.1, -0.05) is 65.6 Å². The van der Waals surface area contributed by atoms with E-state index in [1.165, 1.54) is 6.42 Å². The second-order valence-electron chi connectivity index (χ2n) is 5.40. The molecular formula is C12H28Si. The molecule has 0 aromatic heterocycles. The van der Waals surface area contributed by atoms with Crippen molar-refractivity contribution in [3.05, 3.63) is 0 Å². The summed E-state index contributed by atoms with van der Waals surface area (Å²) in [5.74, 6) is 1.84. The van der Waals surface area contributed by atoms with Crippen molar-refractivity contribution in [2.45, 2.75) is 65.6 Å². The summed E-state index contributed by atoms with van der Waals surface area (Å²) >= 11 is 0. The molecule has 80 valence electrons. The maximum atomic E-state index is 2.47. The molecule has 13 heavy (non-hydrogen) atoms. The van der Waals surface area contributed by atoms with E-state index in [9.17, 15) is 0 Å². The molecule has 0 N–H and O–H groups in total. The summed E-state index contributed by atoms with van der Waals surface area (Å²) in [6, 6.07) is 3.10. The Balaban J connectivity index is 4.02. The summed E-state index contributed by atoms with van der Waals surface area (Å²) in [7, 11) is -0.444. The lowest BCUT2D eigenvalue weighted by molar-refractivity contribution is 0.669. The van der Waals surface area contributed by atoms with Crippen LogP contribution in [-0.2, 0) is 0 Å². The van der Waals surface area contributed by atoms with E-state index in [2.05, 4.69) is 41.5 Å². The molecule has 0 nitrogen and oxygen atoms in total. The maximum Gasteiger partial charge on any atom is 0.0401 e. The van der Waals surface area contributed by atoms with Crippen molar-refractivity contribution in [1.82, 2.24) is 0 Å². The van der Waals surface area contributed by atoms with Crippen LogP contribution in [0, 0.1) is 11.8 Å². The molecule has 1 heteroatoms. The standard InChI is InChI=1S/C12H28Si/c1-7-12(6)13(8-10(2)3)9-11(4)5/h10-13H,7-9H2,1-6H3. The van der Waals surface area contributed by atoms with Gasteiger partial charge in [-0.05, 0) is 11.8 Å². The molecule has 1 unspecified atom stereocenters. The van der Waals surface area contributed by atoms with Gasteiger partial charge in [-0.15, -0.1) is 0 Å². The van der Waals surface area contributed by atoms with Crippen molar-refractivity contribution in [3.63, 3.8) is 0 Å². The van der Waals surface area contributed by atoms with E-state index >= 15 is 0 Å². The summed E-state index contributed by atoms with van der Waals surface area (Å²) in [4.78, 5) is 0. The minimum atomic E-state index is -0.444. The fraction of sp³-hybridized carbons (Fsp3) is 1.00. The molecule has 1 atom stereocenters. The molecule has 0 amide bonds. The molecule has 0 aromatic carbocycles. The molecule has 0 aliphatic heterocycles. The van der Waals surface area contributed by atoms with Crippen molar-refractivity contribution < 1.29 is 0 Å². The number of hydrogen-bond acceptors (Lipinski definition) is 0. The second-order valence-corrected chi connectivity index (χ2v) is 9.01. The van der Waals surface area contributed by atoms with Crippen LogP contribution in [0.15, 0.2) is 0 Å². The zero-order valence-electron chi connectivity index (χ0n) is 10.4. The first-order valence-corrected chi connectivity index (χ1v) is 8.27. The third kappa shape index (κ3) is 6.31. The summed E-state index contributed by atoms with van der Waals surface area (Å²) in [6.45, 7) is 14.3. The smallest absolute Gasteiger partial charge is 0.0401 e. The Morgan fingerprint density at radius 3 is 1.46 bits per heavy atom. The van der Waals surface area contributed by atoms with Crippen LogP contribution in [0.5, 0.6) is 0 Å². The molecule has 0 rings (SSSR count). The van der Waals surface area contributed by atoms with Crippen molar-refractivity contribution in [1.29, 1.82) is 0 Å². The largest absolute Gasteiger partial charge is 0.0654 e. The molecule has 0 aliphatic carbocycles. The minimum Gasteiger partial charge on any atom is -0.0654 e. The van der Waals surface area contributed by atoms with Crippen LogP contribution < -0.4 is 0 Å². The normalized spacial score (nSPS) is 14.5. The van der Waals surface area contributed by atoms with Gasteiger partial charge in [-0.2, -0.15) is 0 Å². The van der Waals surface area contributed by atoms with Gasteiger partial charge in [-0.25, -0.2) is 0 Å². The van der Waals surface area contributed by atoms with Gasteiger partial charge in [0, 0.05) is 8.80 Å². The lowest BCUT2D eigenvalue weighted by Crippen LogP contribution is -2.22. The fourth-order valence-electron chi connectivity index (χ4n) is 2.11. The van der Waals surface area contributed by atoms with Gasteiger partial charge >= 0.3 is 0 Å². The van der Waals surface area contributed by atoms with Crippen LogP contribution in [0.1, 0.15) is 48.0 Å². The van der Waals surface area contributed by atoms with E-state index in [1.54, 1.807) is 12.1 Å². The van der Waals surface area contributed by atoms with E-state index in [0.29, 0.717) is 0 Å². The number of rotatable bonds is 6. The van der Waals surface area contributed by atoms with Gasteiger partial charge in [-0.3, -0.25) is 0 Å². The average Bonchev–Trinajstić information content (AvgIpc) is 2.00. The lowest BCUT2D eigenvalue weighted by atomic mass is 10.3. The van der Waals surface area contributed by atoms with Crippen molar-refractivity contribution >= 4 is 8.80 Å². The lowest BCUT2D eigenvalue weighted by Gasteiger charge is -2.24. The van der Waals surface area contributed by atoms with Crippen molar-refractivity contribution in [2.75, 3.05) is 0 Å². The first-order valence-electron chi connectivity index (χ1n) is 5.97. The van der Waals surface area contributed by atoms with Crippen molar-refractivity contribution in [3.8, 4) is 0 Å². The van der Waals surface area contributed by atoms with E-state index < -0.39 is 8.80 Å². The van der Waals surface area contributed by atoms with E-state index in [-0.39, 0.29) is 0 Å². The first-order chi connectivity index (χ1) is 5.97. The topological polar surface area (TPSA) is 0 Å². The van der Waals surface area contributed by atoms with E-state index in [1.807, 2.05) is 0 Å². The van der Waals surface area contributed by atoms with Gasteiger partial charge in [0.1, 0.15) is 0 Å². The molecule has 0 heterocycles. The Kier molecular flexibility index (Phi) is 6.75. The minimum absolute atomic E-state index is 0.444. The highest BCUT2D eigenvalue weighted by Crippen LogP contribution is 2.26. The predicted octanol–water partition coefficient (Wildman–Crippen LogP) is 4.33. The quantitative estimate of drug-likeness (QED) is 0.560. The van der Waals surface area contributed by atoms with Crippen LogP contribution >= 0.6 is 0 Å². The Labute approximate surface area is 86.7 Å². The van der Waals surface area contributed by atoms with Gasteiger partial charge in [0.05, 0.1) is 0 Å². The molecular weight excluding hydrogens is 172 g/mol. The highest BCUT2D eigenvalue weighted by atomic mass is 28.3. The van der Waals surface area contributed by atoms with Crippen LogP contribution in [0.2, 0.25) is 17.6 Å². The molecule has 0 bridgehead atoms. The van der Waals surface area contributed by atoms with Crippen LogP contribution in [0.3, 0.4) is 0 Å². The Bertz CT molecular complexity index is 108. The zero-order valence-corrected chi connectivity index (χ0v) is 11.6. The SMILES string of the molecule is CCC(C)[SiH](CC(C)C)CC(C)C. The predicted molar refractivity (Wildman–Crippen MR) is 66.2 cm³/mol. The van der Waals surface area contributed by atoms with Gasteiger partial charge in [0.2, 0.25) is 0 Å². The molecule has 0 saturated heterocycles. The third-order valence-corrected chi connectivity index (χ3v) is 8.17. The van der Waals surface area contributed by atoms with E-state index in [4.69, 9.17) is 0 Å². The van der Waals surface area contributed by atoms with Crippen molar-refractivity contribution in [2.24, 2.45) is 11.8 Å². The van der Waals surface area contributed by atoms with Crippen LogP contribution in [0.4, 0.5) is 0 Å². The maximum absolute atomic E-state index is 2.47. The van der Waals surface area contributed by atoms with Crippen LogP contribution in [-0.4, -0.2) is 8.80 Å². The molecule has 0 aromatic rings. The second kappa shape index (κ2) is 6.64. The molecule has 0 aliphatic rings. The average molecular weight is 200 g/mol. The molecule has 0 fully saturated rings. The summed E-state index contributed by atoms with van der Waals surface area (Å²) < 4.78 is 0. The summed E-state index contributed by atoms with van der Waals surface area (Å²) in [6.07, 6.45) is 1.40.